The molecule has 0 radical (unpaired) electrons. The van der Waals surface area contributed by atoms with Gasteiger partial charge in [0, 0.05) is 50.8 Å². The van der Waals surface area contributed by atoms with Crippen LogP contribution in [-0.2, 0) is 11.3 Å². The summed E-state index contributed by atoms with van der Waals surface area (Å²) in [6, 6.07) is 6.34. The summed E-state index contributed by atoms with van der Waals surface area (Å²) in [6.07, 6.45) is 5.00. The molecular formula is C27H34ClF2N7O2. The Morgan fingerprint density at radius 1 is 1.10 bits per heavy atom. The van der Waals surface area contributed by atoms with Crippen molar-refractivity contribution in [3.05, 3.63) is 53.7 Å². The molecule has 1 aliphatic rings. The van der Waals surface area contributed by atoms with Crippen molar-refractivity contribution in [3.8, 4) is 17.3 Å². The number of H-pyrrole nitrogens is 1. The average Bonchev–Trinajstić information content (AvgIpc) is 3.64. The number of carbonyl (C=O) groups excluding carboxylic acids is 1. The predicted molar refractivity (Wildman–Crippen MR) is 149 cm³/mol. The smallest absolute Gasteiger partial charge is 0.244 e. The second kappa shape index (κ2) is 14.4. The number of hydrogen-bond acceptors (Lipinski definition) is 6. The van der Waals surface area contributed by atoms with E-state index in [1.54, 1.807) is 28.2 Å². The van der Waals surface area contributed by atoms with Gasteiger partial charge in [-0.25, -0.2) is 23.4 Å². The lowest BCUT2D eigenvalue weighted by atomic mass is 10.2. The average molecular weight is 562 g/mol. The number of anilines is 1. The standard InChI is InChI=1S/C23H22ClF2N7O2.2C2H6/c24-16-12-17(26)18(13-19(16)35-11-3-25)31-7-9-32(10-8-31)20(34)14-33-23-15(2-1-4-29-23)21(30-33)22-27-5-6-28-22;2*1-2/h1-2,4-6,12-13H,3,7-11,14H2,(H,27,28);2*1-2H3. The van der Waals surface area contributed by atoms with E-state index in [1.807, 2.05) is 44.7 Å². The molecule has 12 heteroatoms. The summed E-state index contributed by atoms with van der Waals surface area (Å²) in [5.41, 5.74) is 1.52. The summed E-state index contributed by atoms with van der Waals surface area (Å²) in [6.45, 7) is 8.83. The molecule has 210 valence electrons. The first-order chi connectivity index (χ1) is 19.0. The Hall–Kier alpha value is -3.73. The van der Waals surface area contributed by atoms with Gasteiger partial charge >= 0.3 is 0 Å². The number of aromatic nitrogens is 5. The molecule has 1 fully saturated rings. The van der Waals surface area contributed by atoms with Gasteiger partial charge in [0.15, 0.2) is 11.5 Å². The fourth-order valence-corrected chi connectivity index (χ4v) is 4.34. The fourth-order valence-electron chi connectivity index (χ4n) is 4.13. The molecule has 0 aliphatic carbocycles. The van der Waals surface area contributed by atoms with E-state index in [0.29, 0.717) is 49.0 Å². The monoisotopic (exact) mass is 561 g/mol. The van der Waals surface area contributed by atoms with Crippen molar-refractivity contribution < 1.29 is 18.3 Å². The molecular weight excluding hydrogens is 528 g/mol. The SMILES string of the molecule is CC.CC.O=C(Cn1nc(-c2ncc[nH]2)c2cccnc21)N1CCN(c2cc(OCCF)c(Cl)cc2F)CC1. The summed E-state index contributed by atoms with van der Waals surface area (Å²) in [7, 11) is 0. The number of nitrogens with one attached hydrogen (secondary N) is 1. The second-order valence-corrected chi connectivity index (χ2v) is 8.37. The zero-order chi connectivity index (χ0) is 28.4. The maximum Gasteiger partial charge on any atom is 0.244 e. The molecule has 1 aliphatic heterocycles. The number of piperazine rings is 1. The number of rotatable bonds is 7. The van der Waals surface area contributed by atoms with Gasteiger partial charge in [0.2, 0.25) is 5.91 Å². The van der Waals surface area contributed by atoms with Crippen molar-refractivity contribution in [1.82, 2.24) is 29.6 Å². The number of fused-ring (bicyclic) bond motifs is 1. The van der Waals surface area contributed by atoms with Crippen LogP contribution in [0.5, 0.6) is 5.75 Å². The minimum atomic E-state index is -0.673. The lowest BCUT2D eigenvalue weighted by Crippen LogP contribution is -2.50. The van der Waals surface area contributed by atoms with E-state index in [4.69, 9.17) is 16.3 Å². The number of benzene rings is 1. The van der Waals surface area contributed by atoms with Crippen molar-refractivity contribution in [2.24, 2.45) is 0 Å². The van der Waals surface area contributed by atoms with E-state index >= 15 is 0 Å². The first kappa shape index (κ1) is 29.8. The van der Waals surface area contributed by atoms with Gasteiger partial charge in [-0.2, -0.15) is 5.10 Å². The zero-order valence-corrected chi connectivity index (χ0v) is 23.4. The molecule has 1 N–H and O–H groups in total. The van der Waals surface area contributed by atoms with Gasteiger partial charge < -0.3 is 19.5 Å². The van der Waals surface area contributed by atoms with E-state index in [2.05, 4.69) is 20.1 Å². The normalized spacial score (nSPS) is 12.9. The number of imidazole rings is 1. The van der Waals surface area contributed by atoms with Gasteiger partial charge in [-0.05, 0) is 18.2 Å². The Labute approximate surface area is 231 Å². The Bertz CT molecular complexity index is 1340. The third-order valence-corrected chi connectivity index (χ3v) is 6.12. The van der Waals surface area contributed by atoms with Crippen LogP contribution in [0.1, 0.15) is 27.7 Å². The maximum absolute atomic E-state index is 14.6. The Balaban J connectivity index is 0.00000100. The van der Waals surface area contributed by atoms with Gasteiger partial charge in [-0.1, -0.05) is 39.3 Å². The highest BCUT2D eigenvalue weighted by Gasteiger charge is 2.25. The highest BCUT2D eigenvalue weighted by molar-refractivity contribution is 6.32. The molecule has 39 heavy (non-hydrogen) atoms. The molecule has 0 bridgehead atoms. The molecule has 1 amide bonds. The van der Waals surface area contributed by atoms with Crippen molar-refractivity contribution in [2.45, 2.75) is 34.2 Å². The molecule has 0 saturated carbocycles. The predicted octanol–water partition coefficient (Wildman–Crippen LogP) is 5.36. The molecule has 1 aromatic carbocycles. The number of nitrogens with zero attached hydrogens (tertiary/aromatic N) is 6. The van der Waals surface area contributed by atoms with Crippen LogP contribution in [-0.4, -0.2) is 75.0 Å². The van der Waals surface area contributed by atoms with Gasteiger partial charge in [-0.15, -0.1) is 0 Å². The fraction of sp³-hybridized carbons (Fsp3) is 0.407. The Morgan fingerprint density at radius 2 is 1.85 bits per heavy atom. The number of hydrogen-bond donors (Lipinski definition) is 1. The number of halogens is 3. The highest BCUT2D eigenvalue weighted by atomic mass is 35.5. The van der Waals surface area contributed by atoms with Crippen LogP contribution in [0.15, 0.2) is 42.9 Å². The number of ether oxygens (including phenoxy) is 1. The molecule has 4 aromatic rings. The molecule has 0 spiro atoms. The van der Waals surface area contributed by atoms with Crippen LogP contribution in [0.25, 0.3) is 22.6 Å². The molecule has 3 aromatic heterocycles. The van der Waals surface area contributed by atoms with Crippen LogP contribution in [0.2, 0.25) is 5.02 Å². The van der Waals surface area contributed by atoms with Crippen molar-refractivity contribution in [1.29, 1.82) is 0 Å². The summed E-state index contributed by atoms with van der Waals surface area (Å²) in [5.74, 6) is 0.212. The van der Waals surface area contributed by atoms with E-state index in [9.17, 15) is 13.6 Å². The van der Waals surface area contributed by atoms with Crippen LogP contribution >= 0.6 is 11.6 Å². The van der Waals surface area contributed by atoms with Crippen LogP contribution in [0.4, 0.5) is 14.5 Å². The highest BCUT2D eigenvalue weighted by Crippen LogP contribution is 2.33. The first-order valence-electron chi connectivity index (χ1n) is 13.1. The molecule has 1 saturated heterocycles. The number of alkyl halides is 1. The lowest BCUT2D eigenvalue weighted by molar-refractivity contribution is -0.132. The number of pyridine rings is 1. The molecule has 4 heterocycles. The second-order valence-electron chi connectivity index (χ2n) is 7.96. The first-order valence-corrected chi connectivity index (χ1v) is 13.4. The van der Waals surface area contributed by atoms with E-state index < -0.39 is 12.5 Å². The van der Waals surface area contributed by atoms with E-state index in [1.165, 1.54) is 6.07 Å². The molecule has 0 unspecified atom stereocenters. The van der Waals surface area contributed by atoms with Crippen LogP contribution < -0.4 is 9.64 Å². The van der Waals surface area contributed by atoms with Crippen molar-refractivity contribution >= 4 is 34.2 Å². The summed E-state index contributed by atoms with van der Waals surface area (Å²) >= 11 is 6.02. The number of aromatic amines is 1. The molecule has 5 rings (SSSR count). The van der Waals surface area contributed by atoms with E-state index in [0.717, 1.165) is 11.5 Å². The Kier molecular flexibility index (Phi) is 11.0. The number of amides is 1. The molecule has 9 nitrogen and oxygen atoms in total. The van der Waals surface area contributed by atoms with Crippen LogP contribution in [0.3, 0.4) is 0 Å². The lowest BCUT2D eigenvalue weighted by Gasteiger charge is -2.36. The third-order valence-electron chi connectivity index (χ3n) is 5.82. The van der Waals surface area contributed by atoms with Gasteiger partial charge in [0.05, 0.1) is 16.1 Å². The maximum atomic E-state index is 14.6. The van der Waals surface area contributed by atoms with Crippen molar-refractivity contribution in [3.63, 3.8) is 0 Å². The largest absolute Gasteiger partial charge is 0.489 e. The van der Waals surface area contributed by atoms with E-state index in [-0.39, 0.29) is 29.8 Å². The number of carbonyl (C=O) groups is 1. The van der Waals surface area contributed by atoms with Gasteiger partial charge in [0.1, 0.15) is 37.1 Å². The van der Waals surface area contributed by atoms with Crippen molar-refractivity contribution in [2.75, 3.05) is 44.4 Å². The quantitative estimate of drug-likeness (QED) is 0.326. The van der Waals surface area contributed by atoms with Crippen LogP contribution in [0, 0.1) is 5.82 Å². The summed E-state index contributed by atoms with van der Waals surface area (Å²) < 4.78 is 33.9. The topological polar surface area (TPSA) is 92.2 Å². The zero-order valence-electron chi connectivity index (χ0n) is 22.6. The minimum absolute atomic E-state index is 0.0186. The minimum Gasteiger partial charge on any atom is -0.489 e. The summed E-state index contributed by atoms with van der Waals surface area (Å²) in [5, 5.41) is 5.46. The Morgan fingerprint density at radius 3 is 2.51 bits per heavy atom. The molecule has 0 atom stereocenters. The van der Waals surface area contributed by atoms with Gasteiger partial charge in [0.25, 0.3) is 0 Å². The summed E-state index contributed by atoms with van der Waals surface area (Å²) in [4.78, 5) is 28.3. The third kappa shape index (κ3) is 6.83. The van der Waals surface area contributed by atoms with Gasteiger partial charge in [-0.3, -0.25) is 4.79 Å².